The van der Waals surface area contributed by atoms with E-state index in [2.05, 4.69) is 0 Å². The van der Waals surface area contributed by atoms with Gasteiger partial charge in [0.05, 0.1) is 15.4 Å². The molecule has 5 nitrogen and oxygen atoms in total. The summed E-state index contributed by atoms with van der Waals surface area (Å²) in [6.45, 7) is 1.85. The Bertz CT molecular complexity index is 685. The van der Waals surface area contributed by atoms with E-state index in [1.54, 1.807) is 24.3 Å². The van der Waals surface area contributed by atoms with Crippen molar-refractivity contribution in [2.75, 3.05) is 0 Å². The number of carboxylic acid groups (broad SMARTS) is 1. The molecule has 0 bridgehead atoms. The van der Waals surface area contributed by atoms with Gasteiger partial charge in [-0.05, 0) is 36.8 Å². The highest BCUT2D eigenvalue weighted by Gasteiger charge is 2.15. The summed E-state index contributed by atoms with van der Waals surface area (Å²) in [6, 6.07) is 11.2. The number of nitro groups is 1. The summed E-state index contributed by atoms with van der Waals surface area (Å²) in [7, 11) is 0. The summed E-state index contributed by atoms with van der Waals surface area (Å²) < 4.78 is 0. The summed E-state index contributed by atoms with van der Waals surface area (Å²) in [6.07, 6.45) is 0. The van der Waals surface area contributed by atoms with Crippen molar-refractivity contribution in [2.45, 2.75) is 16.7 Å². The summed E-state index contributed by atoms with van der Waals surface area (Å²) in [5, 5.41) is 19.9. The molecule has 0 saturated heterocycles. The molecule has 0 aliphatic carbocycles. The van der Waals surface area contributed by atoms with Crippen LogP contribution in [0.3, 0.4) is 0 Å². The van der Waals surface area contributed by atoms with E-state index in [9.17, 15) is 14.9 Å². The maximum Gasteiger partial charge on any atom is 0.335 e. The van der Waals surface area contributed by atoms with Crippen LogP contribution >= 0.6 is 11.8 Å². The van der Waals surface area contributed by atoms with Crippen LogP contribution in [0.25, 0.3) is 0 Å². The number of carboxylic acids is 1. The van der Waals surface area contributed by atoms with E-state index in [-0.39, 0.29) is 11.3 Å². The maximum absolute atomic E-state index is 11.0. The molecule has 6 heteroatoms. The number of hydrogen-bond acceptors (Lipinski definition) is 4. The zero-order valence-corrected chi connectivity index (χ0v) is 11.4. The topological polar surface area (TPSA) is 80.4 Å². The summed E-state index contributed by atoms with van der Waals surface area (Å²) in [5.41, 5.74) is 1.08. The first-order valence-electron chi connectivity index (χ1n) is 5.73. The highest BCUT2D eigenvalue weighted by molar-refractivity contribution is 7.99. The van der Waals surface area contributed by atoms with Gasteiger partial charge in [-0.3, -0.25) is 10.1 Å². The molecule has 0 spiro atoms. The summed E-state index contributed by atoms with van der Waals surface area (Å²) in [5.74, 6) is -1.02. The Balaban J connectivity index is 2.39. The quantitative estimate of drug-likeness (QED) is 0.684. The minimum atomic E-state index is -1.02. The number of rotatable bonds is 4. The van der Waals surface area contributed by atoms with Gasteiger partial charge in [0.2, 0.25) is 0 Å². The molecular formula is C14H11NO4S. The highest BCUT2D eigenvalue weighted by atomic mass is 32.2. The normalized spacial score (nSPS) is 10.2. The van der Waals surface area contributed by atoms with E-state index in [0.717, 1.165) is 5.56 Å². The van der Waals surface area contributed by atoms with Crippen LogP contribution < -0.4 is 0 Å². The van der Waals surface area contributed by atoms with Crippen LogP contribution in [0.4, 0.5) is 5.69 Å². The molecule has 0 radical (unpaired) electrons. The molecule has 0 unspecified atom stereocenters. The van der Waals surface area contributed by atoms with E-state index in [1.807, 2.05) is 6.92 Å². The van der Waals surface area contributed by atoms with E-state index < -0.39 is 10.9 Å². The fourth-order valence-corrected chi connectivity index (χ4v) is 2.75. The van der Waals surface area contributed by atoms with Gasteiger partial charge in [-0.1, -0.05) is 23.9 Å². The Morgan fingerprint density at radius 1 is 1.25 bits per heavy atom. The van der Waals surface area contributed by atoms with Gasteiger partial charge < -0.3 is 5.11 Å². The number of benzene rings is 2. The fraction of sp³-hybridized carbons (Fsp3) is 0.0714. The largest absolute Gasteiger partial charge is 0.478 e. The van der Waals surface area contributed by atoms with Crippen LogP contribution in [0, 0.1) is 17.0 Å². The molecular weight excluding hydrogens is 278 g/mol. The molecule has 0 heterocycles. The number of aryl methyl sites for hydroxylation is 1. The number of aromatic carboxylic acids is 1. The summed E-state index contributed by atoms with van der Waals surface area (Å²) in [4.78, 5) is 22.6. The molecule has 0 amide bonds. The monoisotopic (exact) mass is 289 g/mol. The first-order chi connectivity index (χ1) is 9.47. The van der Waals surface area contributed by atoms with Crippen molar-refractivity contribution in [1.82, 2.24) is 0 Å². The van der Waals surface area contributed by atoms with Crippen molar-refractivity contribution >= 4 is 23.4 Å². The molecule has 0 aromatic heterocycles. The standard InChI is InChI=1S/C14H11NO4S/c1-9-5-6-12(15(18)19)13(7-9)20-11-4-2-3-10(8-11)14(16)17/h2-8H,1H3,(H,16,17). The van der Waals surface area contributed by atoms with Crippen molar-refractivity contribution in [3.63, 3.8) is 0 Å². The Morgan fingerprint density at radius 3 is 2.65 bits per heavy atom. The Morgan fingerprint density at radius 2 is 2.00 bits per heavy atom. The smallest absolute Gasteiger partial charge is 0.335 e. The number of nitrogens with zero attached hydrogens (tertiary/aromatic N) is 1. The van der Waals surface area contributed by atoms with Crippen LogP contribution in [0.1, 0.15) is 15.9 Å². The molecule has 0 saturated carbocycles. The summed E-state index contributed by atoms with van der Waals surface area (Å²) >= 11 is 1.18. The molecule has 0 aliphatic rings. The predicted octanol–water partition coefficient (Wildman–Crippen LogP) is 3.75. The van der Waals surface area contributed by atoms with Gasteiger partial charge in [-0.2, -0.15) is 0 Å². The van der Waals surface area contributed by atoms with Crippen LogP contribution in [0.15, 0.2) is 52.3 Å². The predicted molar refractivity (Wildman–Crippen MR) is 75.4 cm³/mol. The molecule has 102 valence electrons. The second-order valence-corrected chi connectivity index (χ2v) is 5.28. The lowest BCUT2D eigenvalue weighted by Crippen LogP contribution is -1.95. The molecule has 0 atom stereocenters. The number of carbonyl (C=O) groups is 1. The van der Waals surface area contributed by atoms with Crippen molar-refractivity contribution in [2.24, 2.45) is 0 Å². The Hall–Kier alpha value is -2.34. The molecule has 1 N–H and O–H groups in total. The molecule has 0 fully saturated rings. The van der Waals surface area contributed by atoms with E-state index in [4.69, 9.17) is 5.11 Å². The van der Waals surface area contributed by atoms with Crippen LogP contribution in [-0.4, -0.2) is 16.0 Å². The zero-order valence-electron chi connectivity index (χ0n) is 10.6. The first-order valence-corrected chi connectivity index (χ1v) is 6.55. The van der Waals surface area contributed by atoms with E-state index >= 15 is 0 Å². The van der Waals surface area contributed by atoms with Crippen molar-refractivity contribution in [1.29, 1.82) is 0 Å². The molecule has 20 heavy (non-hydrogen) atoms. The van der Waals surface area contributed by atoms with Crippen molar-refractivity contribution < 1.29 is 14.8 Å². The Labute approximate surface area is 119 Å². The molecule has 2 rings (SSSR count). The van der Waals surface area contributed by atoms with Gasteiger partial charge in [-0.15, -0.1) is 0 Å². The van der Waals surface area contributed by atoms with Crippen LogP contribution in [-0.2, 0) is 0 Å². The average Bonchev–Trinajstić information content (AvgIpc) is 2.38. The zero-order chi connectivity index (χ0) is 14.7. The van der Waals surface area contributed by atoms with Gasteiger partial charge >= 0.3 is 5.97 Å². The van der Waals surface area contributed by atoms with Gasteiger partial charge in [0.25, 0.3) is 5.69 Å². The Kier molecular flexibility index (Phi) is 4.05. The van der Waals surface area contributed by atoms with Gasteiger partial charge in [0.15, 0.2) is 0 Å². The van der Waals surface area contributed by atoms with Crippen molar-refractivity contribution in [3.8, 4) is 0 Å². The minimum Gasteiger partial charge on any atom is -0.478 e. The second kappa shape index (κ2) is 5.75. The highest BCUT2D eigenvalue weighted by Crippen LogP contribution is 2.35. The van der Waals surface area contributed by atoms with Gasteiger partial charge in [0, 0.05) is 11.0 Å². The third kappa shape index (κ3) is 3.16. The molecule has 2 aromatic rings. The van der Waals surface area contributed by atoms with E-state index in [1.165, 1.54) is 30.0 Å². The maximum atomic E-state index is 11.0. The average molecular weight is 289 g/mol. The SMILES string of the molecule is Cc1ccc([N+](=O)[O-])c(Sc2cccc(C(=O)O)c2)c1. The third-order valence-corrected chi connectivity index (χ3v) is 3.66. The lowest BCUT2D eigenvalue weighted by atomic mass is 10.2. The number of nitro benzene ring substituents is 1. The minimum absolute atomic E-state index is 0.0151. The van der Waals surface area contributed by atoms with Crippen LogP contribution in [0.5, 0.6) is 0 Å². The first kappa shape index (κ1) is 14.1. The molecule has 0 aliphatic heterocycles. The molecule has 2 aromatic carbocycles. The number of hydrogen-bond donors (Lipinski definition) is 1. The lowest BCUT2D eigenvalue weighted by Gasteiger charge is -2.05. The van der Waals surface area contributed by atoms with Crippen LogP contribution in [0.2, 0.25) is 0 Å². The van der Waals surface area contributed by atoms with Crippen molar-refractivity contribution in [3.05, 3.63) is 63.7 Å². The second-order valence-electron chi connectivity index (χ2n) is 4.16. The van der Waals surface area contributed by atoms with Gasteiger partial charge in [-0.25, -0.2) is 4.79 Å². The lowest BCUT2D eigenvalue weighted by molar-refractivity contribution is -0.387. The third-order valence-electron chi connectivity index (χ3n) is 2.62. The van der Waals surface area contributed by atoms with E-state index in [0.29, 0.717) is 9.79 Å². The fourth-order valence-electron chi connectivity index (χ4n) is 1.67. The van der Waals surface area contributed by atoms with Gasteiger partial charge in [0.1, 0.15) is 0 Å².